The minimum absolute atomic E-state index is 0.0683. The Morgan fingerprint density at radius 3 is 2.88 bits per heavy atom. The fourth-order valence-corrected chi connectivity index (χ4v) is 4.55. The van der Waals surface area contributed by atoms with Crippen LogP contribution in [0.15, 0.2) is 24.5 Å². The third-order valence-electron chi connectivity index (χ3n) is 4.26. The van der Waals surface area contributed by atoms with Crippen molar-refractivity contribution in [3.05, 3.63) is 30.1 Å². The number of hydrogen-bond acceptors (Lipinski definition) is 4. The molecule has 0 atom stereocenters. The fourth-order valence-electron chi connectivity index (χ4n) is 3.01. The van der Waals surface area contributed by atoms with Gasteiger partial charge < -0.3 is 9.88 Å². The largest absolute Gasteiger partial charge is 0.345 e. The molecular weight excluding hydrogens is 328 g/mol. The van der Waals surface area contributed by atoms with Gasteiger partial charge in [-0.2, -0.15) is 0 Å². The van der Waals surface area contributed by atoms with E-state index in [1.54, 1.807) is 23.4 Å². The Morgan fingerprint density at radius 2 is 2.08 bits per heavy atom. The number of aromatic amines is 1. The number of rotatable bonds is 4. The summed E-state index contributed by atoms with van der Waals surface area (Å²) in [7, 11) is -3.21. The van der Waals surface area contributed by atoms with Crippen LogP contribution in [-0.2, 0) is 10.0 Å². The van der Waals surface area contributed by atoms with Crippen molar-refractivity contribution in [1.29, 1.82) is 0 Å². The molecule has 2 heterocycles. The second-order valence-electron chi connectivity index (χ2n) is 6.00. The van der Waals surface area contributed by atoms with Crippen molar-refractivity contribution in [3.63, 3.8) is 0 Å². The lowest BCUT2D eigenvalue weighted by Gasteiger charge is -2.22. The molecule has 8 heteroatoms. The molecule has 1 N–H and O–H groups in total. The highest BCUT2D eigenvalue weighted by molar-refractivity contribution is 7.89. The first-order chi connectivity index (χ1) is 11.5. The topological polar surface area (TPSA) is 86.4 Å². The van der Waals surface area contributed by atoms with Gasteiger partial charge in [0, 0.05) is 31.7 Å². The first-order valence-corrected chi connectivity index (χ1v) is 9.82. The Morgan fingerprint density at radius 1 is 1.25 bits per heavy atom. The van der Waals surface area contributed by atoms with E-state index in [1.165, 1.54) is 4.31 Å². The minimum atomic E-state index is -3.21. The summed E-state index contributed by atoms with van der Waals surface area (Å²) in [6.45, 7) is 3.68. The number of H-pyrrole nitrogens is 1. The zero-order valence-electron chi connectivity index (χ0n) is 13.7. The number of amides is 1. The van der Waals surface area contributed by atoms with Gasteiger partial charge in [-0.05, 0) is 31.0 Å². The molecular formula is C16H22N4O3S. The van der Waals surface area contributed by atoms with Gasteiger partial charge in [-0.3, -0.25) is 4.79 Å². The minimum Gasteiger partial charge on any atom is -0.345 e. The van der Waals surface area contributed by atoms with E-state index in [0.29, 0.717) is 44.6 Å². The molecule has 0 spiro atoms. The molecule has 0 bridgehead atoms. The van der Waals surface area contributed by atoms with E-state index in [-0.39, 0.29) is 11.7 Å². The molecule has 3 rings (SSSR count). The maximum absolute atomic E-state index is 12.7. The molecule has 1 aliphatic heterocycles. The third kappa shape index (κ3) is 3.44. The van der Waals surface area contributed by atoms with E-state index in [2.05, 4.69) is 9.97 Å². The van der Waals surface area contributed by atoms with E-state index in [0.717, 1.165) is 11.0 Å². The van der Waals surface area contributed by atoms with Gasteiger partial charge in [0.15, 0.2) is 0 Å². The molecule has 1 aromatic heterocycles. The molecule has 130 valence electrons. The molecule has 0 aliphatic carbocycles. The lowest BCUT2D eigenvalue weighted by Crippen LogP contribution is -2.38. The predicted molar refractivity (Wildman–Crippen MR) is 92.3 cm³/mol. The number of nitrogens with one attached hydrogen (secondary N) is 1. The Bertz CT molecular complexity index is 831. The van der Waals surface area contributed by atoms with Gasteiger partial charge in [-0.15, -0.1) is 0 Å². The Kier molecular flexibility index (Phi) is 4.86. The van der Waals surface area contributed by atoms with Gasteiger partial charge in [-0.1, -0.05) is 6.92 Å². The van der Waals surface area contributed by atoms with Crippen molar-refractivity contribution in [2.45, 2.75) is 19.8 Å². The first-order valence-electron chi connectivity index (χ1n) is 8.21. The van der Waals surface area contributed by atoms with E-state index in [9.17, 15) is 13.2 Å². The molecule has 1 fully saturated rings. The lowest BCUT2D eigenvalue weighted by molar-refractivity contribution is 0.0764. The highest BCUT2D eigenvalue weighted by Gasteiger charge is 2.26. The SMILES string of the molecule is CCCS(=O)(=O)N1CCCN(C(=O)c2ccc3nc[nH]c3c2)CC1. The number of aromatic nitrogens is 2. The molecule has 0 radical (unpaired) electrons. The Labute approximate surface area is 141 Å². The van der Waals surface area contributed by atoms with Gasteiger partial charge in [0.25, 0.3) is 5.91 Å². The highest BCUT2D eigenvalue weighted by atomic mass is 32.2. The number of fused-ring (bicyclic) bond motifs is 1. The van der Waals surface area contributed by atoms with Gasteiger partial charge in [-0.25, -0.2) is 17.7 Å². The number of sulfonamides is 1. The second kappa shape index (κ2) is 6.90. The summed E-state index contributed by atoms with van der Waals surface area (Å²) < 4.78 is 25.9. The summed E-state index contributed by atoms with van der Waals surface area (Å²) in [5, 5.41) is 0. The maximum Gasteiger partial charge on any atom is 0.253 e. The quantitative estimate of drug-likeness (QED) is 0.904. The van der Waals surface area contributed by atoms with Crippen LogP contribution in [-0.4, -0.2) is 65.4 Å². The van der Waals surface area contributed by atoms with Crippen molar-refractivity contribution in [2.75, 3.05) is 31.9 Å². The van der Waals surface area contributed by atoms with Crippen molar-refractivity contribution < 1.29 is 13.2 Å². The normalized spacial score (nSPS) is 17.1. The van der Waals surface area contributed by atoms with Crippen LogP contribution in [0.2, 0.25) is 0 Å². The molecule has 24 heavy (non-hydrogen) atoms. The van der Waals surface area contributed by atoms with Gasteiger partial charge in [0.2, 0.25) is 10.0 Å². The second-order valence-corrected chi connectivity index (χ2v) is 8.08. The zero-order valence-corrected chi connectivity index (χ0v) is 14.6. The number of carbonyl (C=O) groups excluding carboxylic acids is 1. The van der Waals surface area contributed by atoms with E-state index in [1.807, 2.05) is 13.0 Å². The maximum atomic E-state index is 12.7. The molecule has 2 aromatic rings. The van der Waals surface area contributed by atoms with Crippen LogP contribution in [0.25, 0.3) is 11.0 Å². The number of carbonyl (C=O) groups is 1. The van der Waals surface area contributed by atoms with Crippen LogP contribution < -0.4 is 0 Å². The van der Waals surface area contributed by atoms with Crippen LogP contribution in [0.3, 0.4) is 0 Å². The third-order valence-corrected chi connectivity index (χ3v) is 6.34. The summed E-state index contributed by atoms with van der Waals surface area (Å²) in [6, 6.07) is 5.37. The van der Waals surface area contributed by atoms with Crippen molar-refractivity contribution in [2.24, 2.45) is 0 Å². The zero-order chi connectivity index (χ0) is 17.2. The van der Waals surface area contributed by atoms with Crippen LogP contribution in [0.1, 0.15) is 30.1 Å². The fraction of sp³-hybridized carbons (Fsp3) is 0.500. The van der Waals surface area contributed by atoms with Gasteiger partial charge in [0.1, 0.15) is 0 Å². The Balaban J connectivity index is 1.72. The summed E-state index contributed by atoms with van der Waals surface area (Å²) in [5.74, 6) is 0.0958. The van der Waals surface area contributed by atoms with Crippen LogP contribution in [0.4, 0.5) is 0 Å². The highest BCUT2D eigenvalue weighted by Crippen LogP contribution is 2.16. The predicted octanol–water partition coefficient (Wildman–Crippen LogP) is 1.45. The van der Waals surface area contributed by atoms with E-state index in [4.69, 9.17) is 0 Å². The number of hydrogen-bond donors (Lipinski definition) is 1. The first kappa shape index (κ1) is 16.9. The smallest absolute Gasteiger partial charge is 0.253 e. The molecule has 0 saturated carbocycles. The van der Waals surface area contributed by atoms with Gasteiger partial charge >= 0.3 is 0 Å². The Hall–Kier alpha value is -1.93. The number of imidazole rings is 1. The molecule has 1 amide bonds. The summed E-state index contributed by atoms with van der Waals surface area (Å²) in [4.78, 5) is 21.6. The van der Waals surface area contributed by atoms with Crippen molar-refractivity contribution in [1.82, 2.24) is 19.2 Å². The van der Waals surface area contributed by atoms with E-state index < -0.39 is 10.0 Å². The summed E-state index contributed by atoms with van der Waals surface area (Å²) in [5.41, 5.74) is 2.23. The monoisotopic (exact) mass is 350 g/mol. The summed E-state index contributed by atoms with van der Waals surface area (Å²) in [6.07, 6.45) is 2.86. The lowest BCUT2D eigenvalue weighted by atomic mass is 10.1. The van der Waals surface area contributed by atoms with E-state index >= 15 is 0 Å². The molecule has 1 saturated heterocycles. The number of nitrogens with zero attached hydrogens (tertiary/aromatic N) is 3. The van der Waals surface area contributed by atoms with Crippen LogP contribution in [0.5, 0.6) is 0 Å². The average molecular weight is 350 g/mol. The molecule has 0 unspecified atom stereocenters. The summed E-state index contributed by atoms with van der Waals surface area (Å²) >= 11 is 0. The van der Waals surface area contributed by atoms with Crippen LogP contribution in [0, 0.1) is 0 Å². The standard InChI is InChI=1S/C16H22N4O3S/c1-2-10-24(22,23)20-7-3-6-19(8-9-20)16(21)13-4-5-14-15(11-13)18-12-17-14/h4-5,11-12H,2-3,6-10H2,1H3,(H,17,18). The van der Waals surface area contributed by atoms with Gasteiger partial charge in [0.05, 0.1) is 23.1 Å². The number of benzene rings is 1. The van der Waals surface area contributed by atoms with Crippen LogP contribution >= 0.6 is 0 Å². The molecule has 1 aromatic carbocycles. The van der Waals surface area contributed by atoms with Crippen molar-refractivity contribution in [3.8, 4) is 0 Å². The van der Waals surface area contributed by atoms with Crippen molar-refractivity contribution >= 4 is 27.0 Å². The molecule has 7 nitrogen and oxygen atoms in total. The average Bonchev–Trinajstić information content (AvgIpc) is 2.87. The molecule has 1 aliphatic rings.